The molecule has 0 spiro atoms. The molecule has 1 aliphatic rings. The fraction of sp³-hybridized carbons (Fsp3) is 0.500. The second-order valence-corrected chi connectivity index (χ2v) is 9.49. The first kappa shape index (κ1) is 31.3. The molecule has 1 aliphatic heterocycles. The fourth-order valence-electron chi connectivity index (χ4n) is 5.29. The standard InChI is InChI=1S/C28H35N3O3.2C2H6/c1-20-10-8-11-21(2)30(20)16-6-3-7-17-31-26-15-5-4-12-23(26)19-25(27(31)32)22-13-9-14-24(18-22)28(33)34-29;2*1-2/h4-5,9,12-15,18-21H,3,6-8,10-11,16-17,29H2,1-2H3;2*1-2H3. The predicted octanol–water partition coefficient (Wildman–Crippen LogP) is 7.18. The van der Waals surface area contributed by atoms with E-state index in [1.54, 1.807) is 18.2 Å². The number of benzene rings is 2. The van der Waals surface area contributed by atoms with Crippen molar-refractivity contribution in [3.63, 3.8) is 0 Å². The van der Waals surface area contributed by atoms with Crippen LogP contribution in [0.5, 0.6) is 0 Å². The Morgan fingerprint density at radius 2 is 1.55 bits per heavy atom. The van der Waals surface area contributed by atoms with Crippen molar-refractivity contribution in [1.82, 2.24) is 9.47 Å². The highest BCUT2D eigenvalue weighted by atomic mass is 16.7. The van der Waals surface area contributed by atoms with Crippen LogP contribution >= 0.6 is 0 Å². The van der Waals surface area contributed by atoms with Crippen molar-refractivity contribution in [3.05, 3.63) is 70.5 Å². The van der Waals surface area contributed by atoms with E-state index in [0.717, 1.165) is 36.7 Å². The number of carbonyl (C=O) groups excluding carboxylic acids is 1. The van der Waals surface area contributed by atoms with Crippen LogP contribution in [0.15, 0.2) is 59.4 Å². The van der Waals surface area contributed by atoms with Crippen LogP contribution in [0.2, 0.25) is 0 Å². The van der Waals surface area contributed by atoms with Gasteiger partial charge in [0.05, 0.1) is 11.1 Å². The molecule has 1 fully saturated rings. The molecule has 3 aromatic rings. The third-order valence-electron chi connectivity index (χ3n) is 7.19. The summed E-state index contributed by atoms with van der Waals surface area (Å²) in [6.45, 7) is 14.5. The summed E-state index contributed by atoms with van der Waals surface area (Å²) in [4.78, 5) is 32.4. The van der Waals surface area contributed by atoms with Crippen molar-refractivity contribution in [2.24, 2.45) is 5.90 Å². The van der Waals surface area contributed by atoms with Gasteiger partial charge in [0.2, 0.25) is 0 Å². The molecule has 1 aromatic heterocycles. The molecule has 0 radical (unpaired) electrons. The maximum absolute atomic E-state index is 13.5. The Kier molecular flexibility index (Phi) is 13.2. The Balaban J connectivity index is 0.00000121. The van der Waals surface area contributed by atoms with E-state index in [1.807, 2.05) is 68.7 Å². The summed E-state index contributed by atoms with van der Waals surface area (Å²) in [5, 5.41) is 1.000. The largest absolute Gasteiger partial charge is 0.370 e. The maximum Gasteiger partial charge on any atom is 0.356 e. The molecular weight excluding hydrogens is 474 g/mol. The molecule has 6 heteroatoms. The number of hydrogen-bond donors (Lipinski definition) is 1. The van der Waals surface area contributed by atoms with Crippen LogP contribution in [0, 0.1) is 0 Å². The highest BCUT2D eigenvalue weighted by molar-refractivity contribution is 5.91. The molecule has 0 amide bonds. The van der Waals surface area contributed by atoms with E-state index < -0.39 is 5.97 Å². The lowest BCUT2D eigenvalue weighted by Crippen LogP contribution is -2.44. The summed E-state index contributed by atoms with van der Waals surface area (Å²) < 4.78 is 1.88. The predicted molar refractivity (Wildman–Crippen MR) is 159 cm³/mol. The molecule has 4 rings (SSSR count). The number of aromatic nitrogens is 1. The Labute approximate surface area is 228 Å². The Hall–Kier alpha value is -2.96. The number of unbranched alkanes of at least 4 members (excludes halogenated alkanes) is 2. The lowest BCUT2D eigenvalue weighted by atomic mass is 9.97. The van der Waals surface area contributed by atoms with Gasteiger partial charge in [-0.3, -0.25) is 9.69 Å². The number of fused-ring (bicyclic) bond motifs is 1. The van der Waals surface area contributed by atoms with Gasteiger partial charge in [0.15, 0.2) is 0 Å². The van der Waals surface area contributed by atoms with Crippen molar-refractivity contribution in [3.8, 4) is 11.1 Å². The maximum atomic E-state index is 13.5. The topological polar surface area (TPSA) is 77.6 Å². The van der Waals surface area contributed by atoms with Gasteiger partial charge in [0.1, 0.15) is 0 Å². The number of nitrogens with two attached hydrogens (primary N) is 1. The van der Waals surface area contributed by atoms with Crippen LogP contribution in [0.25, 0.3) is 22.0 Å². The molecule has 6 nitrogen and oxygen atoms in total. The Bertz CT molecular complexity index is 1190. The Morgan fingerprint density at radius 1 is 0.895 bits per heavy atom. The van der Waals surface area contributed by atoms with Gasteiger partial charge >= 0.3 is 5.97 Å². The average molecular weight is 522 g/mol. The van der Waals surface area contributed by atoms with Crippen molar-refractivity contribution >= 4 is 16.9 Å². The van der Waals surface area contributed by atoms with E-state index in [4.69, 9.17) is 5.90 Å². The zero-order valence-electron chi connectivity index (χ0n) is 24.2. The van der Waals surface area contributed by atoms with Gasteiger partial charge in [-0.05, 0) is 81.3 Å². The number of rotatable bonds is 8. The van der Waals surface area contributed by atoms with Gasteiger partial charge in [-0.1, -0.05) is 70.9 Å². The van der Waals surface area contributed by atoms with Crippen LogP contribution in [0.4, 0.5) is 0 Å². The fourth-order valence-corrected chi connectivity index (χ4v) is 5.29. The molecule has 0 saturated carbocycles. The van der Waals surface area contributed by atoms with E-state index in [-0.39, 0.29) is 5.56 Å². The highest BCUT2D eigenvalue weighted by Crippen LogP contribution is 2.24. The number of nitrogens with zero attached hydrogens (tertiary/aromatic N) is 2. The summed E-state index contributed by atoms with van der Waals surface area (Å²) in [6, 6.07) is 18.1. The molecule has 2 unspecified atom stereocenters. The Morgan fingerprint density at radius 3 is 2.24 bits per heavy atom. The van der Waals surface area contributed by atoms with E-state index in [9.17, 15) is 9.59 Å². The number of hydrogen-bond acceptors (Lipinski definition) is 5. The normalized spacial score (nSPS) is 17.1. The van der Waals surface area contributed by atoms with Gasteiger partial charge < -0.3 is 9.40 Å². The van der Waals surface area contributed by atoms with Crippen LogP contribution in [-0.2, 0) is 11.4 Å². The van der Waals surface area contributed by atoms with Gasteiger partial charge in [-0.2, -0.15) is 5.90 Å². The van der Waals surface area contributed by atoms with Crippen LogP contribution < -0.4 is 11.5 Å². The number of para-hydroxylation sites is 1. The molecule has 2 heterocycles. The molecule has 38 heavy (non-hydrogen) atoms. The number of carbonyl (C=O) groups is 1. The molecule has 1 saturated heterocycles. The van der Waals surface area contributed by atoms with Crippen LogP contribution in [0.3, 0.4) is 0 Å². The van der Waals surface area contributed by atoms with Gasteiger partial charge in [-0.25, -0.2) is 4.79 Å². The van der Waals surface area contributed by atoms with Crippen molar-refractivity contribution in [2.45, 2.75) is 98.7 Å². The summed E-state index contributed by atoms with van der Waals surface area (Å²) >= 11 is 0. The van der Waals surface area contributed by atoms with E-state index in [0.29, 0.717) is 35.3 Å². The summed E-state index contributed by atoms with van der Waals surface area (Å²) in [5.41, 5.74) is 2.46. The lowest BCUT2D eigenvalue weighted by Gasteiger charge is -2.39. The zero-order chi connectivity index (χ0) is 28.1. The number of aryl methyl sites for hydroxylation is 1. The molecule has 208 valence electrons. The first-order valence-electron chi connectivity index (χ1n) is 14.4. The molecule has 2 aromatic carbocycles. The zero-order valence-corrected chi connectivity index (χ0v) is 24.2. The third-order valence-corrected chi connectivity index (χ3v) is 7.19. The number of pyridine rings is 1. The molecule has 2 atom stereocenters. The van der Waals surface area contributed by atoms with Crippen molar-refractivity contribution in [2.75, 3.05) is 6.54 Å². The minimum absolute atomic E-state index is 0.0461. The van der Waals surface area contributed by atoms with Crippen LogP contribution in [0.1, 0.15) is 90.4 Å². The summed E-state index contributed by atoms with van der Waals surface area (Å²) in [5.74, 6) is 4.42. The third kappa shape index (κ3) is 7.78. The monoisotopic (exact) mass is 521 g/mol. The second kappa shape index (κ2) is 16.1. The van der Waals surface area contributed by atoms with E-state index in [1.165, 1.54) is 19.3 Å². The minimum atomic E-state index is -0.625. The lowest BCUT2D eigenvalue weighted by molar-refractivity contribution is 0.0503. The molecule has 0 aliphatic carbocycles. The van der Waals surface area contributed by atoms with Gasteiger partial charge in [-0.15, -0.1) is 0 Å². The first-order valence-corrected chi connectivity index (χ1v) is 14.4. The van der Waals surface area contributed by atoms with Gasteiger partial charge in [0.25, 0.3) is 5.56 Å². The number of piperidine rings is 1. The minimum Gasteiger partial charge on any atom is -0.370 e. The van der Waals surface area contributed by atoms with Crippen molar-refractivity contribution < 1.29 is 9.63 Å². The smallest absolute Gasteiger partial charge is 0.356 e. The number of likely N-dealkylation sites (tertiary alicyclic amines) is 1. The molecular formula is C32H47N3O3. The van der Waals surface area contributed by atoms with Crippen molar-refractivity contribution in [1.29, 1.82) is 0 Å². The van der Waals surface area contributed by atoms with E-state index >= 15 is 0 Å². The molecule has 0 bridgehead atoms. The quantitative estimate of drug-likeness (QED) is 0.251. The van der Waals surface area contributed by atoms with Crippen LogP contribution in [-0.4, -0.2) is 34.1 Å². The second-order valence-electron chi connectivity index (χ2n) is 9.49. The van der Waals surface area contributed by atoms with Gasteiger partial charge in [0, 0.05) is 24.2 Å². The SMILES string of the molecule is CC.CC.CC1CCCC(C)N1CCCCCn1c(=O)c(-c2cccc(C(=O)ON)c2)cc2ccccc21. The summed E-state index contributed by atoms with van der Waals surface area (Å²) in [6.07, 6.45) is 7.10. The average Bonchev–Trinajstić information content (AvgIpc) is 2.96. The van der Waals surface area contributed by atoms with E-state index in [2.05, 4.69) is 23.6 Å². The highest BCUT2D eigenvalue weighted by Gasteiger charge is 2.23. The first-order chi connectivity index (χ1) is 18.5. The summed E-state index contributed by atoms with van der Waals surface area (Å²) in [7, 11) is 0. The molecule has 2 N–H and O–H groups in total.